The van der Waals surface area contributed by atoms with Crippen molar-refractivity contribution in [2.75, 3.05) is 26.3 Å². The lowest BCUT2D eigenvalue weighted by Gasteiger charge is -2.31. The van der Waals surface area contributed by atoms with Crippen LogP contribution in [0.15, 0.2) is 0 Å². The highest BCUT2D eigenvalue weighted by Crippen LogP contribution is 2.25. The van der Waals surface area contributed by atoms with E-state index in [4.69, 9.17) is 4.74 Å². The first kappa shape index (κ1) is 9.44. The maximum atomic E-state index is 9.82. The van der Waals surface area contributed by atoms with Gasteiger partial charge < -0.3 is 9.84 Å². The molecule has 3 heteroatoms. The first-order chi connectivity index (χ1) is 6.17. The van der Waals surface area contributed by atoms with E-state index in [1.807, 2.05) is 6.92 Å². The summed E-state index contributed by atoms with van der Waals surface area (Å²) in [7, 11) is 0. The number of likely N-dealkylation sites (tertiary alicyclic amines) is 1. The molecular formula is C10H19NO2. The van der Waals surface area contributed by atoms with Crippen molar-refractivity contribution in [3.63, 3.8) is 0 Å². The number of aliphatic hydroxyl groups is 1. The molecule has 13 heavy (non-hydrogen) atoms. The molecule has 76 valence electrons. The second kappa shape index (κ2) is 3.56. The van der Waals surface area contributed by atoms with Crippen LogP contribution in [0.25, 0.3) is 0 Å². The number of nitrogens with zero attached hydrogens (tertiary/aromatic N) is 1. The minimum atomic E-state index is -0.446. The molecule has 0 aromatic heterocycles. The van der Waals surface area contributed by atoms with Crippen LogP contribution >= 0.6 is 0 Å². The smallest absolute Gasteiger partial charge is 0.0758 e. The highest BCUT2D eigenvalue weighted by molar-refractivity contribution is 4.89. The lowest BCUT2D eigenvalue weighted by molar-refractivity contribution is 0.0230. The molecule has 2 saturated heterocycles. The molecule has 1 N–H and O–H groups in total. The first-order valence-corrected chi connectivity index (χ1v) is 5.22. The van der Waals surface area contributed by atoms with Gasteiger partial charge >= 0.3 is 0 Å². The third-order valence-corrected chi connectivity index (χ3v) is 3.19. The standard InChI is InChI=1S/C10H19NO2/c1-10(12)4-5-11(8-10)9-2-6-13-7-3-9/h9,12H,2-8H2,1H3. The normalized spacial score (nSPS) is 38.3. The van der Waals surface area contributed by atoms with Crippen molar-refractivity contribution in [1.82, 2.24) is 4.90 Å². The summed E-state index contributed by atoms with van der Waals surface area (Å²) in [5.41, 5.74) is -0.446. The molecule has 2 fully saturated rings. The van der Waals surface area contributed by atoms with E-state index in [1.165, 1.54) is 0 Å². The van der Waals surface area contributed by atoms with E-state index < -0.39 is 5.60 Å². The molecule has 2 aliphatic heterocycles. The van der Waals surface area contributed by atoms with Gasteiger partial charge in [-0.15, -0.1) is 0 Å². The Morgan fingerprint density at radius 3 is 2.62 bits per heavy atom. The molecule has 0 amide bonds. The Labute approximate surface area is 79.7 Å². The van der Waals surface area contributed by atoms with Gasteiger partial charge in [-0.1, -0.05) is 0 Å². The topological polar surface area (TPSA) is 32.7 Å². The summed E-state index contributed by atoms with van der Waals surface area (Å²) < 4.78 is 5.32. The Kier molecular flexibility index (Phi) is 2.58. The predicted molar refractivity (Wildman–Crippen MR) is 50.7 cm³/mol. The van der Waals surface area contributed by atoms with Crippen molar-refractivity contribution in [3.8, 4) is 0 Å². The highest BCUT2D eigenvalue weighted by Gasteiger charge is 2.35. The van der Waals surface area contributed by atoms with Crippen LogP contribution in [0, 0.1) is 0 Å². The average molecular weight is 185 g/mol. The Balaban J connectivity index is 1.87. The van der Waals surface area contributed by atoms with Gasteiger partial charge in [0.15, 0.2) is 0 Å². The molecule has 3 nitrogen and oxygen atoms in total. The van der Waals surface area contributed by atoms with Crippen LogP contribution in [0.4, 0.5) is 0 Å². The zero-order chi connectivity index (χ0) is 9.31. The van der Waals surface area contributed by atoms with Crippen LogP contribution in [0.2, 0.25) is 0 Å². The van der Waals surface area contributed by atoms with Gasteiger partial charge in [0, 0.05) is 32.3 Å². The van der Waals surface area contributed by atoms with Crippen molar-refractivity contribution < 1.29 is 9.84 Å². The summed E-state index contributed by atoms with van der Waals surface area (Å²) in [6.45, 7) is 5.62. The molecule has 1 unspecified atom stereocenters. The second-order valence-corrected chi connectivity index (χ2v) is 4.56. The molecule has 2 rings (SSSR count). The lowest BCUT2D eigenvalue weighted by Crippen LogP contribution is -2.40. The Morgan fingerprint density at radius 1 is 1.38 bits per heavy atom. The first-order valence-electron chi connectivity index (χ1n) is 5.22. The van der Waals surface area contributed by atoms with Crippen LogP contribution in [0.5, 0.6) is 0 Å². The van der Waals surface area contributed by atoms with Gasteiger partial charge in [0.25, 0.3) is 0 Å². The predicted octanol–water partition coefficient (Wildman–Crippen LogP) is 0.622. The number of ether oxygens (including phenoxy) is 1. The van der Waals surface area contributed by atoms with Crippen molar-refractivity contribution in [3.05, 3.63) is 0 Å². The van der Waals surface area contributed by atoms with Crippen LogP contribution in [-0.4, -0.2) is 48.0 Å². The van der Waals surface area contributed by atoms with Gasteiger partial charge in [-0.25, -0.2) is 0 Å². The van der Waals surface area contributed by atoms with Crippen molar-refractivity contribution in [2.45, 2.75) is 37.8 Å². The number of hydrogen-bond acceptors (Lipinski definition) is 3. The van der Waals surface area contributed by atoms with E-state index in [0.29, 0.717) is 6.04 Å². The monoisotopic (exact) mass is 185 g/mol. The SMILES string of the molecule is CC1(O)CCN(C2CCOCC2)C1. The van der Waals surface area contributed by atoms with E-state index in [9.17, 15) is 5.11 Å². The highest BCUT2D eigenvalue weighted by atomic mass is 16.5. The lowest BCUT2D eigenvalue weighted by atomic mass is 10.1. The fraction of sp³-hybridized carbons (Fsp3) is 1.00. The zero-order valence-electron chi connectivity index (χ0n) is 8.33. The van der Waals surface area contributed by atoms with Gasteiger partial charge in [0.1, 0.15) is 0 Å². The third-order valence-electron chi connectivity index (χ3n) is 3.19. The molecule has 2 heterocycles. The minimum Gasteiger partial charge on any atom is -0.389 e. The van der Waals surface area contributed by atoms with Gasteiger partial charge in [-0.3, -0.25) is 4.90 Å². The molecule has 1 atom stereocenters. The van der Waals surface area contributed by atoms with Crippen LogP contribution in [0.3, 0.4) is 0 Å². The maximum absolute atomic E-state index is 9.82. The number of rotatable bonds is 1. The van der Waals surface area contributed by atoms with E-state index in [2.05, 4.69) is 4.90 Å². The van der Waals surface area contributed by atoms with Crippen molar-refractivity contribution in [1.29, 1.82) is 0 Å². The van der Waals surface area contributed by atoms with E-state index >= 15 is 0 Å². The molecule has 2 aliphatic rings. The molecule has 0 aromatic rings. The average Bonchev–Trinajstić information content (AvgIpc) is 2.48. The van der Waals surface area contributed by atoms with E-state index in [0.717, 1.165) is 45.6 Å². The summed E-state index contributed by atoms with van der Waals surface area (Å²) in [6.07, 6.45) is 3.19. The van der Waals surface area contributed by atoms with Gasteiger partial charge in [0.2, 0.25) is 0 Å². The van der Waals surface area contributed by atoms with E-state index in [1.54, 1.807) is 0 Å². The molecule has 0 aliphatic carbocycles. The minimum absolute atomic E-state index is 0.446. The maximum Gasteiger partial charge on any atom is 0.0758 e. The summed E-state index contributed by atoms with van der Waals surface area (Å²) in [6, 6.07) is 0.655. The molecule has 0 radical (unpaired) electrons. The van der Waals surface area contributed by atoms with Crippen molar-refractivity contribution in [2.24, 2.45) is 0 Å². The van der Waals surface area contributed by atoms with Gasteiger partial charge in [-0.05, 0) is 26.2 Å². The molecule has 0 aromatic carbocycles. The van der Waals surface area contributed by atoms with E-state index in [-0.39, 0.29) is 0 Å². The van der Waals surface area contributed by atoms with Gasteiger partial charge in [-0.2, -0.15) is 0 Å². The zero-order valence-corrected chi connectivity index (χ0v) is 8.33. The summed E-state index contributed by atoms with van der Waals surface area (Å²) in [4.78, 5) is 2.42. The molecule has 0 bridgehead atoms. The van der Waals surface area contributed by atoms with Gasteiger partial charge in [0.05, 0.1) is 5.60 Å². The fourth-order valence-electron chi connectivity index (χ4n) is 2.34. The number of β-amino-alcohol motifs (C(OH)–C–C–N with tert-alkyl or cyclic N) is 1. The Morgan fingerprint density at radius 2 is 2.08 bits per heavy atom. The molecule has 0 saturated carbocycles. The quantitative estimate of drug-likeness (QED) is 0.650. The summed E-state index contributed by atoms with van der Waals surface area (Å²) in [5, 5.41) is 9.82. The largest absolute Gasteiger partial charge is 0.389 e. The van der Waals surface area contributed by atoms with Crippen LogP contribution < -0.4 is 0 Å². The van der Waals surface area contributed by atoms with Crippen LogP contribution in [-0.2, 0) is 4.74 Å². The summed E-state index contributed by atoms with van der Waals surface area (Å²) in [5.74, 6) is 0. The second-order valence-electron chi connectivity index (χ2n) is 4.56. The number of hydrogen-bond donors (Lipinski definition) is 1. The van der Waals surface area contributed by atoms with Crippen LogP contribution in [0.1, 0.15) is 26.2 Å². The molecule has 0 spiro atoms. The Bertz CT molecular complexity index is 176. The van der Waals surface area contributed by atoms with Crippen molar-refractivity contribution >= 4 is 0 Å². The molecular weight excluding hydrogens is 166 g/mol. The fourth-order valence-corrected chi connectivity index (χ4v) is 2.34. The summed E-state index contributed by atoms with van der Waals surface area (Å²) >= 11 is 0. The third kappa shape index (κ3) is 2.22. The Hall–Kier alpha value is -0.120.